The van der Waals surface area contributed by atoms with Gasteiger partial charge in [-0.15, -0.1) is 0 Å². The minimum atomic E-state index is -0.645. The summed E-state index contributed by atoms with van der Waals surface area (Å²) in [7, 11) is 1.75. The number of nitrogens with zero attached hydrogens (tertiary/aromatic N) is 4. The first-order valence-corrected chi connectivity index (χ1v) is 10.6. The van der Waals surface area contributed by atoms with Crippen molar-refractivity contribution < 1.29 is 14.3 Å². The van der Waals surface area contributed by atoms with Crippen molar-refractivity contribution in [2.24, 2.45) is 11.7 Å². The quantitative estimate of drug-likeness (QED) is 0.564. The molecule has 4 N–H and O–H groups in total. The molecular weight excluding hydrogens is 423 g/mol. The lowest BCUT2D eigenvalue weighted by Gasteiger charge is -2.35. The number of carbonyl (C=O) groups is 1. The van der Waals surface area contributed by atoms with Gasteiger partial charge in [0.1, 0.15) is 6.33 Å². The van der Waals surface area contributed by atoms with E-state index in [-0.39, 0.29) is 30.1 Å². The Balaban J connectivity index is 1.66. The Morgan fingerprint density at radius 1 is 1.45 bits per heavy atom. The number of aromatic nitrogens is 2. The molecule has 0 radical (unpaired) electrons. The number of halogens is 2. The van der Waals surface area contributed by atoms with Crippen molar-refractivity contribution in [3.8, 4) is 0 Å². The van der Waals surface area contributed by atoms with Crippen LogP contribution in [0.5, 0.6) is 0 Å². The molecule has 2 aromatic rings. The van der Waals surface area contributed by atoms with Crippen LogP contribution < -0.4 is 16.0 Å². The standard InChI is InChI=1S/C21H28ClFN6O2/c1-13(15-5-3-4-6-16(15)22)28(2)21-19(23)20(26-12-27-21)25-9-14-7-8-29(10-17(14)30)11-18(24)31/h3-6,12-14,17,30H,7-11H2,1-2H3,(H2,24,31)(H,25,26,27)/t13?,14-,17+/m1/s1. The number of nitrogens with one attached hydrogen (secondary N) is 1. The molecule has 1 aliphatic heterocycles. The Morgan fingerprint density at radius 3 is 2.87 bits per heavy atom. The minimum absolute atomic E-state index is 0.0787. The van der Waals surface area contributed by atoms with Crippen LogP contribution in [0.15, 0.2) is 30.6 Å². The summed E-state index contributed by atoms with van der Waals surface area (Å²) in [5.41, 5.74) is 6.08. The van der Waals surface area contributed by atoms with Crippen LogP contribution in [0.3, 0.4) is 0 Å². The van der Waals surface area contributed by atoms with Crippen molar-refractivity contribution >= 4 is 29.1 Å². The fraction of sp³-hybridized carbons (Fsp3) is 0.476. The summed E-state index contributed by atoms with van der Waals surface area (Å²) in [5.74, 6) is -0.850. The first-order chi connectivity index (χ1) is 14.8. The molecule has 31 heavy (non-hydrogen) atoms. The van der Waals surface area contributed by atoms with Gasteiger partial charge >= 0.3 is 0 Å². The van der Waals surface area contributed by atoms with Gasteiger partial charge < -0.3 is 21.1 Å². The molecule has 1 aromatic heterocycles. The number of amides is 1. The normalized spacial score (nSPS) is 20.3. The van der Waals surface area contributed by atoms with E-state index >= 15 is 4.39 Å². The second-order valence-electron chi connectivity index (χ2n) is 7.87. The van der Waals surface area contributed by atoms with Crippen molar-refractivity contribution in [2.45, 2.75) is 25.5 Å². The highest BCUT2D eigenvalue weighted by molar-refractivity contribution is 6.31. The van der Waals surface area contributed by atoms with Crippen LogP contribution in [0.25, 0.3) is 0 Å². The van der Waals surface area contributed by atoms with Gasteiger partial charge in [0.25, 0.3) is 0 Å². The number of β-amino-alcohol motifs (C(OH)–C–C–N with tert-alkyl or cyclic N) is 1. The topological polar surface area (TPSA) is 108 Å². The van der Waals surface area contributed by atoms with E-state index in [4.69, 9.17) is 17.3 Å². The number of nitrogens with two attached hydrogens (primary N) is 1. The maximum Gasteiger partial charge on any atom is 0.231 e. The molecule has 1 fully saturated rings. The van der Waals surface area contributed by atoms with Gasteiger partial charge in [0, 0.05) is 31.1 Å². The van der Waals surface area contributed by atoms with Crippen molar-refractivity contribution in [3.63, 3.8) is 0 Å². The molecule has 0 aliphatic carbocycles. The number of anilines is 2. The van der Waals surface area contributed by atoms with Gasteiger partial charge in [0.2, 0.25) is 11.7 Å². The van der Waals surface area contributed by atoms with Gasteiger partial charge in [-0.3, -0.25) is 9.69 Å². The third-order valence-corrected chi connectivity index (χ3v) is 6.10. The van der Waals surface area contributed by atoms with E-state index in [1.165, 1.54) is 6.33 Å². The van der Waals surface area contributed by atoms with Crippen LogP contribution in [0.2, 0.25) is 5.02 Å². The molecule has 1 aromatic carbocycles. The minimum Gasteiger partial charge on any atom is -0.391 e. The zero-order valence-electron chi connectivity index (χ0n) is 17.6. The first-order valence-electron chi connectivity index (χ1n) is 10.2. The van der Waals surface area contributed by atoms with E-state index in [1.807, 2.05) is 30.0 Å². The molecule has 10 heteroatoms. The Labute approximate surface area is 186 Å². The van der Waals surface area contributed by atoms with E-state index < -0.39 is 17.8 Å². The van der Waals surface area contributed by atoms with Crippen LogP contribution in [0.1, 0.15) is 24.9 Å². The number of aliphatic hydroxyl groups is 1. The number of aliphatic hydroxyl groups excluding tert-OH is 1. The van der Waals surface area contributed by atoms with E-state index in [2.05, 4.69) is 15.3 Å². The Morgan fingerprint density at radius 2 is 2.19 bits per heavy atom. The van der Waals surface area contributed by atoms with Gasteiger partial charge in [-0.1, -0.05) is 29.8 Å². The largest absolute Gasteiger partial charge is 0.391 e. The zero-order valence-corrected chi connectivity index (χ0v) is 18.4. The maximum absolute atomic E-state index is 15.2. The number of likely N-dealkylation sites (tertiary alicyclic amines) is 1. The fourth-order valence-corrected chi connectivity index (χ4v) is 4.10. The summed E-state index contributed by atoms with van der Waals surface area (Å²) >= 11 is 6.29. The summed E-state index contributed by atoms with van der Waals surface area (Å²) < 4.78 is 15.2. The number of carbonyl (C=O) groups excluding carboxylic acids is 1. The summed E-state index contributed by atoms with van der Waals surface area (Å²) in [5, 5.41) is 14.0. The van der Waals surface area contributed by atoms with Crippen molar-refractivity contribution in [1.29, 1.82) is 0 Å². The van der Waals surface area contributed by atoms with E-state index in [9.17, 15) is 9.90 Å². The summed E-state index contributed by atoms with van der Waals surface area (Å²) in [6.07, 6.45) is 1.32. The van der Waals surface area contributed by atoms with E-state index in [0.717, 1.165) is 5.56 Å². The van der Waals surface area contributed by atoms with Crippen LogP contribution in [-0.2, 0) is 4.79 Å². The molecule has 1 saturated heterocycles. The Kier molecular flexibility index (Phi) is 7.64. The molecule has 1 amide bonds. The molecule has 0 saturated carbocycles. The number of benzene rings is 1. The molecule has 168 valence electrons. The number of rotatable bonds is 8. The molecule has 1 unspecified atom stereocenters. The zero-order chi connectivity index (χ0) is 22.5. The average molecular weight is 451 g/mol. The fourth-order valence-electron chi connectivity index (χ4n) is 3.81. The predicted octanol–water partition coefficient (Wildman–Crippen LogP) is 2.05. The molecular formula is C21H28ClFN6O2. The van der Waals surface area contributed by atoms with Crippen LogP contribution in [0, 0.1) is 11.7 Å². The highest BCUT2D eigenvalue weighted by Gasteiger charge is 2.29. The summed E-state index contributed by atoms with van der Waals surface area (Å²) in [4.78, 5) is 22.7. The summed E-state index contributed by atoms with van der Waals surface area (Å²) in [6, 6.07) is 7.22. The monoisotopic (exact) mass is 450 g/mol. The molecule has 0 bridgehead atoms. The van der Waals surface area contributed by atoms with Crippen LogP contribution >= 0.6 is 11.6 Å². The van der Waals surface area contributed by atoms with Gasteiger partial charge in [-0.05, 0) is 31.5 Å². The maximum atomic E-state index is 15.2. The van der Waals surface area contributed by atoms with Gasteiger partial charge in [-0.2, -0.15) is 4.39 Å². The first kappa shape index (κ1) is 23.2. The molecule has 0 spiro atoms. The predicted molar refractivity (Wildman–Crippen MR) is 118 cm³/mol. The second-order valence-corrected chi connectivity index (χ2v) is 8.27. The van der Waals surface area contributed by atoms with Crippen LogP contribution in [-0.4, -0.2) is 65.2 Å². The Hall–Kier alpha value is -2.49. The molecule has 2 heterocycles. The third kappa shape index (κ3) is 5.61. The van der Waals surface area contributed by atoms with Crippen molar-refractivity contribution in [3.05, 3.63) is 47.0 Å². The van der Waals surface area contributed by atoms with Gasteiger partial charge in [-0.25, -0.2) is 9.97 Å². The second kappa shape index (κ2) is 10.2. The highest BCUT2D eigenvalue weighted by Crippen LogP contribution is 2.31. The number of primary amides is 1. The highest BCUT2D eigenvalue weighted by atomic mass is 35.5. The number of hydrogen-bond acceptors (Lipinski definition) is 7. The van der Waals surface area contributed by atoms with E-state index in [1.54, 1.807) is 18.0 Å². The SMILES string of the molecule is CC(c1ccccc1Cl)N(C)c1ncnc(NC[C@H]2CCN(CC(N)=O)C[C@@H]2O)c1F. The third-order valence-electron chi connectivity index (χ3n) is 5.76. The summed E-state index contributed by atoms with van der Waals surface area (Å²) in [6.45, 7) is 3.39. The molecule has 8 nitrogen and oxygen atoms in total. The van der Waals surface area contributed by atoms with E-state index in [0.29, 0.717) is 31.1 Å². The number of piperidine rings is 1. The van der Waals surface area contributed by atoms with Crippen molar-refractivity contribution in [1.82, 2.24) is 14.9 Å². The number of hydrogen-bond donors (Lipinski definition) is 3. The Bertz CT molecular complexity index is 917. The van der Waals surface area contributed by atoms with Crippen molar-refractivity contribution in [2.75, 3.05) is 43.4 Å². The van der Waals surface area contributed by atoms with Crippen LogP contribution in [0.4, 0.5) is 16.0 Å². The lowest BCUT2D eigenvalue weighted by Crippen LogP contribution is -2.48. The molecule has 1 aliphatic rings. The van der Waals surface area contributed by atoms with Gasteiger partial charge in [0.05, 0.1) is 18.7 Å². The van der Waals surface area contributed by atoms with Gasteiger partial charge in [0.15, 0.2) is 11.6 Å². The molecule has 3 atom stereocenters. The lowest BCUT2D eigenvalue weighted by molar-refractivity contribution is -0.120. The average Bonchev–Trinajstić information content (AvgIpc) is 2.73. The molecule has 3 rings (SSSR count). The lowest BCUT2D eigenvalue weighted by atomic mass is 9.93. The smallest absolute Gasteiger partial charge is 0.231 e.